The molecule has 0 radical (unpaired) electrons. The molecule has 2 aromatic carbocycles. The van der Waals surface area contributed by atoms with E-state index in [4.69, 9.17) is 0 Å². The van der Waals surface area contributed by atoms with Crippen LogP contribution in [0.2, 0.25) is 0 Å². The number of benzene rings is 2. The molecular weight excluding hydrogens is 306 g/mol. The monoisotopic (exact) mass is 335 g/mol. The molecule has 0 bridgehead atoms. The Bertz CT molecular complexity index is 662. The molecule has 1 saturated heterocycles. The predicted molar refractivity (Wildman–Crippen MR) is 107 cm³/mol. The first-order valence-electron chi connectivity index (χ1n) is 9.75. The zero-order valence-electron chi connectivity index (χ0n) is 15.1. The maximum Gasteiger partial charge on any atom is 0.0398 e. The number of hydrogen-bond acceptors (Lipinski definition) is 3. The highest BCUT2D eigenvalue weighted by Gasteiger charge is 2.18. The van der Waals surface area contributed by atoms with E-state index < -0.39 is 0 Å². The Labute approximate surface area is 151 Å². The van der Waals surface area contributed by atoms with Crippen LogP contribution in [0.3, 0.4) is 0 Å². The lowest BCUT2D eigenvalue weighted by Gasteiger charge is -2.37. The van der Waals surface area contributed by atoms with Crippen LogP contribution in [-0.2, 0) is 6.42 Å². The molecule has 0 aliphatic carbocycles. The molecular formula is C22H29N3. The van der Waals surface area contributed by atoms with E-state index >= 15 is 0 Å². The van der Waals surface area contributed by atoms with E-state index in [0.29, 0.717) is 0 Å². The van der Waals surface area contributed by atoms with Crippen LogP contribution < -0.4 is 9.80 Å². The first-order valence-corrected chi connectivity index (χ1v) is 9.75. The van der Waals surface area contributed by atoms with E-state index in [9.17, 15) is 0 Å². The van der Waals surface area contributed by atoms with Crippen molar-refractivity contribution in [2.45, 2.75) is 19.3 Å². The van der Waals surface area contributed by atoms with Gasteiger partial charge in [0.15, 0.2) is 0 Å². The summed E-state index contributed by atoms with van der Waals surface area (Å²) < 4.78 is 0. The van der Waals surface area contributed by atoms with Crippen LogP contribution >= 0.6 is 0 Å². The standard InChI is InChI=1S/C22H29N3/c1-2-10-21(11-3-1)24-18-16-23(17-19-24)13-7-15-25-14-6-9-20-8-4-5-12-22(20)25/h1-5,8,10-12H,6-7,9,13-19H2. The third-order valence-corrected chi connectivity index (χ3v) is 5.60. The second-order valence-electron chi connectivity index (χ2n) is 7.24. The first-order chi connectivity index (χ1) is 12.4. The Balaban J connectivity index is 1.23. The number of rotatable bonds is 5. The lowest BCUT2D eigenvalue weighted by Crippen LogP contribution is -2.47. The van der Waals surface area contributed by atoms with Crippen LogP contribution in [0, 0.1) is 0 Å². The number of piperazine rings is 1. The van der Waals surface area contributed by atoms with E-state index in [1.54, 1.807) is 0 Å². The van der Waals surface area contributed by atoms with Crippen molar-refractivity contribution >= 4 is 11.4 Å². The summed E-state index contributed by atoms with van der Waals surface area (Å²) in [6.07, 6.45) is 3.81. The smallest absolute Gasteiger partial charge is 0.0398 e. The van der Waals surface area contributed by atoms with Crippen LogP contribution in [-0.4, -0.2) is 50.7 Å². The fourth-order valence-corrected chi connectivity index (χ4v) is 4.20. The fraction of sp³-hybridized carbons (Fsp3) is 0.455. The van der Waals surface area contributed by atoms with Gasteiger partial charge in [-0.15, -0.1) is 0 Å². The van der Waals surface area contributed by atoms with Crippen molar-refractivity contribution in [1.29, 1.82) is 0 Å². The molecule has 0 unspecified atom stereocenters. The lowest BCUT2D eigenvalue weighted by molar-refractivity contribution is 0.255. The second-order valence-corrected chi connectivity index (χ2v) is 7.24. The molecule has 1 fully saturated rings. The molecule has 25 heavy (non-hydrogen) atoms. The molecule has 0 atom stereocenters. The minimum atomic E-state index is 1.15. The molecule has 2 aromatic rings. The average molecular weight is 335 g/mol. The van der Waals surface area contributed by atoms with Crippen molar-refractivity contribution in [3.8, 4) is 0 Å². The zero-order chi connectivity index (χ0) is 16.9. The number of hydrogen-bond donors (Lipinski definition) is 0. The summed E-state index contributed by atoms with van der Waals surface area (Å²) in [5.74, 6) is 0. The van der Waals surface area contributed by atoms with Gasteiger partial charge in [-0.3, -0.25) is 4.90 Å². The topological polar surface area (TPSA) is 9.72 Å². The minimum Gasteiger partial charge on any atom is -0.371 e. The molecule has 0 aromatic heterocycles. The van der Waals surface area contributed by atoms with Gasteiger partial charge in [0.1, 0.15) is 0 Å². The maximum absolute atomic E-state index is 2.63. The van der Waals surface area contributed by atoms with E-state index in [1.165, 1.54) is 68.9 Å². The van der Waals surface area contributed by atoms with Crippen molar-refractivity contribution in [3.63, 3.8) is 0 Å². The molecule has 2 aliphatic heterocycles. The van der Waals surface area contributed by atoms with Crippen molar-refractivity contribution < 1.29 is 0 Å². The van der Waals surface area contributed by atoms with E-state index in [1.807, 2.05) is 0 Å². The summed E-state index contributed by atoms with van der Waals surface area (Å²) in [4.78, 5) is 7.74. The summed E-state index contributed by atoms with van der Waals surface area (Å²) >= 11 is 0. The van der Waals surface area contributed by atoms with Gasteiger partial charge in [-0.25, -0.2) is 0 Å². The molecule has 3 heteroatoms. The van der Waals surface area contributed by atoms with Gasteiger partial charge in [0.05, 0.1) is 0 Å². The summed E-state index contributed by atoms with van der Waals surface area (Å²) in [5, 5.41) is 0. The highest BCUT2D eigenvalue weighted by molar-refractivity contribution is 5.55. The number of anilines is 2. The van der Waals surface area contributed by atoms with Crippen LogP contribution in [0.5, 0.6) is 0 Å². The van der Waals surface area contributed by atoms with Crippen molar-refractivity contribution in [2.24, 2.45) is 0 Å². The molecule has 0 spiro atoms. The van der Waals surface area contributed by atoms with Gasteiger partial charge in [-0.1, -0.05) is 36.4 Å². The van der Waals surface area contributed by atoms with E-state index in [-0.39, 0.29) is 0 Å². The predicted octanol–water partition coefficient (Wildman–Crippen LogP) is 3.65. The molecule has 2 aliphatic rings. The number of aryl methyl sites for hydroxylation is 1. The summed E-state index contributed by atoms with van der Waals surface area (Å²) in [7, 11) is 0. The summed E-state index contributed by atoms with van der Waals surface area (Å²) in [6.45, 7) is 8.31. The minimum absolute atomic E-state index is 1.15. The maximum atomic E-state index is 2.63. The largest absolute Gasteiger partial charge is 0.371 e. The van der Waals surface area contributed by atoms with Gasteiger partial charge >= 0.3 is 0 Å². The molecule has 0 saturated carbocycles. The molecule has 2 heterocycles. The SMILES string of the molecule is c1ccc(N2CCN(CCCN3CCCc4ccccc43)CC2)cc1. The van der Waals surface area contributed by atoms with Crippen LogP contribution in [0.15, 0.2) is 54.6 Å². The molecule has 4 rings (SSSR count). The lowest BCUT2D eigenvalue weighted by atomic mass is 10.0. The average Bonchev–Trinajstić information content (AvgIpc) is 2.69. The molecule has 0 amide bonds. The van der Waals surface area contributed by atoms with Crippen molar-refractivity contribution in [3.05, 3.63) is 60.2 Å². The van der Waals surface area contributed by atoms with Crippen molar-refractivity contribution in [2.75, 3.05) is 55.6 Å². The zero-order valence-corrected chi connectivity index (χ0v) is 15.1. The quantitative estimate of drug-likeness (QED) is 0.826. The van der Waals surface area contributed by atoms with Crippen LogP contribution in [0.25, 0.3) is 0 Å². The fourth-order valence-electron chi connectivity index (χ4n) is 4.20. The normalized spacial score (nSPS) is 18.2. The second kappa shape index (κ2) is 7.92. The number of nitrogens with zero attached hydrogens (tertiary/aromatic N) is 3. The molecule has 0 N–H and O–H groups in total. The van der Waals surface area contributed by atoms with Gasteiger partial charge in [-0.2, -0.15) is 0 Å². The van der Waals surface area contributed by atoms with Gasteiger partial charge in [0.2, 0.25) is 0 Å². The van der Waals surface area contributed by atoms with Crippen LogP contribution in [0.4, 0.5) is 11.4 Å². The number of fused-ring (bicyclic) bond motifs is 1. The highest BCUT2D eigenvalue weighted by atomic mass is 15.3. The van der Waals surface area contributed by atoms with Crippen molar-refractivity contribution in [1.82, 2.24) is 4.90 Å². The van der Waals surface area contributed by atoms with E-state index in [2.05, 4.69) is 69.3 Å². The number of para-hydroxylation sites is 2. The van der Waals surface area contributed by atoms with Gasteiger partial charge in [0.25, 0.3) is 0 Å². The first kappa shape index (κ1) is 16.5. The third-order valence-electron chi connectivity index (χ3n) is 5.60. The molecule has 132 valence electrons. The Kier molecular flexibility index (Phi) is 5.22. The Morgan fingerprint density at radius 3 is 2.32 bits per heavy atom. The summed E-state index contributed by atoms with van der Waals surface area (Å²) in [6, 6.07) is 19.8. The highest BCUT2D eigenvalue weighted by Crippen LogP contribution is 2.26. The van der Waals surface area contributed by atoms with Gasteiger partial charge < -0.3 is 9.80 Å². The van der Waals surface area contributed by atoms with E-state index in [0.717, 1.165) is 13.1 Å². The summed E-state index contributed by atoms with van der Waals surface area (Å²) in [5.41, 5.74) is 4.37. The Hall–Kier alpha value is -2.00. The van der Waals surface area contributed by atoms with Gasteiger partial charge in [0, 0.05) is 50.6 Å². The van der Waals surface area contributed by atoms with Crippen LogP contribution in [0.1, 0.15) is 18.4 Å². The Morgan fingerprint density at radius 2 is 1.48 bits per heavy atom. The Morgan fingerprint density at radius 1 is 0.720 bits per heavy atom. The molecule has 3 nitrogen and oxygen atoms in total. The third kappa shape index (κ3) is 3.98. The van der Waals surface area contributed by atoms with Gasteiger partial charge in [-0.05, 0) is 49.6 Å².